The first kappa shape index (κ1) is 27.5. The van der Waals surface area contributed by atoms with E-state index in [9.17, 15) is 14.4 Å². The van der Waals surface area contributed by atoms with Crippen LogP contribution < -0.4 is 10.2 Å². The molecular weight excluding hydrogens is 474 g/mol. The summed E-state index contributed by atoms with van der Waals surface area (Å²) in [5.74, 6) is 0.177. The third-order valence-electron chi connectivity index (χ3n) is 5.48. The Labute approximate surface area is 217 Å². The van der Waals surface area contributed by atoms with E-state index >= 15 is 0 Å². The lowest BCUT2D eigenvalue weighted by molar-refractivity contribution is -0.154. The van der Waals surface area contributed by atoms with Crippen LogP contribution >= 0.6 is 11.8 Å². The monoisotopic (exact) mass is 509 g/mol. The van der Waals surface area contributed by atoms with Gasteiger partial charge >= 0.3 is 12.0 Å². The number of anilines is 2. The molecule has 0 bridgehead atoms. The molecule has 192 valence electrons. The lowest BCUT2D eigenvalue weighted by atomic mass is 9.99. The number of amidine groups is 1. The van der Waals surface area contributed by atoms with Gasteiger partial charge in [-0.05, 0) is 81.3 Å². The molecular formula is C28H35N3O4S. The Morgan fingerprint density at radius 3 is 2.47 bits per heavy atom. The molecule has 2 aromatic rings. The van der Waals surface area contributed by atoms with Gasteiger partial charge in [-0.1, -0.05) is 49.9 Å². The highest BCUT2D eigenvalue weighted by molar-refractivity contribution is 8.15. The standard InChI is InChI=1S/C28H35N3O4S/c1-18(2)22-15-10-19(3)16-23(22)31-24(32)17-36-27(31)30-26(34)29-21-13-11-20(12-14-21)8-7-9-25(33)35-28(4,5)6/h10-16,18H,7-9,17H2,1-6H3,(H,29,34). The molecule has 0 saturated carbocycles. The van der Waals surface area contributed by atoms with Gasteiger partial charge in [-0.3, -0.25) is 14.5 Å². The van der Waals surface area contributed by atoms with Crippen LogP contribution in [0.25, 0.3) is 0 Å². The predicted octanol–water partition coefficient (Wildman–Crippen LogP) is 6.45. The maximum Gasteiger partial charge on any atom is 0.347 e. The van der Waals surface area contributed by atoms with Crippen molar-refractivity contribution in [1.29, 1.82) is 0 Å². The molecule has 1 aliphatic heterocycles. The second-order valence-electron chi connectivity index (χ2n) is 10.2. The largest absolute Gasteiger partial charge is 0.460 e. The van der Waals surface area contributed by atoms with Crippen LogP contribution in [0.1, 0.15) is 70.1 Å². The van der Waals surface area contributed by atoms with Crippen molar-refractivity contribution in [3.63, 3.8) is 0 Å². The van der Waals surface area contributed by atoms with E-state index < -0.39 is 11.6 Å². The van der Waals surface area contributed by atoms with E-state index in [-0.39, 0.29) is 23.5 Å². The van der Waals surface area contributed by atoms with Crippen molar-refractivity contribution >= 4 is 46.2 Å². The number of nitrogens with one attached hydrogen (secondary N) is 1. The van der Waals surface area contributed by atoms with E-state index in [1.807, 2.05) is 70.2 Å². The fourth-order valence-electron chi connectivity index (χ4n) is 3.84. The number of esters is 1. The van der Waals surface area contributed by atoms with Gasteiger partial charge in [0.05, 0.1) is 11.4 Å². The number of aryl methyl sites for hydroxylation is 2. The highest BCUT2D eigenvalue weighted by Crippen LogP contribution is 2.34. The minimum absolute atomic E-state index is 0.0882. The van der Waals surface area contributed by atoms with E-state index in [0.717, 1.165) is 28.8 Å². The number of thioether (sulfide) groups is 1. The Bertz CT molecular complexity index is 1150. The minimum atomic E-state index is -0.534. The van der Waals surface area contributed by atoms with Gasteiger partial charge < -0.3 is 10.1 Å². The quantitative estimate of drug-likeness (QED) is 0.433. The van der Waals surface area contributed by atoms with Crippen LogP contribution in [0.15, 0.2) is 47.5 Å². The zero-order valence-corrected chi connectivity index (χ0v) is 22.7. The van der Waals surface area contributed by atoms with E-state index in [0.29, 0.717) is 23.7 Å². The molecule has 0 aliphatic carbocycles. The summed E-state index contributed by atoms with van der Waals surface area (Å²) in [6.45, 7) is 11.7. The molecule has 8 heteroatoms. The molecule has 2 aromatic carbocycles. The third-order valence-corrected chi connectivity index (χ3v) is 6.41. The third kappa shape index (κ3) is 7.68. The van der Waals surface area contributed by atoms with Crippen LogP contribution in [0.4, 0.5) is 16.2 Å². The molecule has 3 rings (SSSR count). The Balaban J connectivity index is 1.63. The van der Waals surface area contributed by atoms with Gasteiger partial charge in [0.25, 0.3) is 0 Å². The average molecular weight is 510 g/mol. The van der Waals surface area contributed by atoms with Crippen LogP contribution in [0.2, 0.25) is 0 Å². The summed E-state index contributed by atoms with van der Waals surface area (Å²) in [4.78, 5) is 43.0. The molecule has 3 amide bonds. The van der Waals surface area contributed by atoms with Crippen LogP contribution in [-0.4, -0.2) is 34.4 Å². The summed E-state index contributed by atoms with van der Waals surface area (Å²) >= 11 is 1.26. The number of aliphatic imine (C=N–C) groups is 1. The van der Waals surface area contributed by atoms with E-state index in [1.165, 1.54) is 11.8 Å². The SMILES string of the molecule is Cc1ccc(C(C)C)c(N2C(=O)CSC2=NC(=O)Nc2ccc(CCCC(=O)OC(C)(C)C)cc2)c1. The maximum absolute atomic E-state index is 12.7. The van der Waals surface area contributed by atoms with Crippen molar-refractivity contribution in [3.05, 3.63) is 59.2 Å². The molecule has 0 unspecified atom stereocenters. The summed E-state index contributed by atoms with van der Waals surface area (Å²) < 4.78 is 5.33. The Morgan fingerprint density at radius 2 is 1.83 bits per heavy atom. The van der Waals surface area contributed by atoms with Gasteiger partial charge in [0.1, 0.15) is 5.60 Å². The summed E-state index contributed by atoms with van der Waals surface area (Å²) in [5, 5.41) is 3.16. The second kappa shape index (κ2) is 11.7. The molecule has 0 aromatic heterocycles. The molecule has 0 radical (unpaired) electrons. The van der Waals surface area contributed by atoms with Gasteiger partial charge in [0, 0.05) is 12.1 Å². The van der Waals surface area contributed by atoms with Crippen molar-refractivity contribution in [3.8, 4) is 0 Å². The highest BCUT2D eigenvalue weighted by Gasteiger charge is 2.32. The fraction of sp³-hybridized carbons (Fsp3) is 0.429. The first-order valence-corrected chi connectivity index (χ1v) is 13.2. The molecule has 36 heavy (non-hydrogen) atoms. The summed E-state index contributed by atoms with van der Waals surface area (Å²) in [6.07, 6.45) is 1.78. The zero-order chi connectivity index (χ0) is 26.5. The number of ether oxygens (including phenoxy) is 1. The van der Waals surface area contributed by atoms with Crippen LogP contribution in [0, 0.1) is 6.92 Å². The van der Waals surface area contributed by atoms with Gasteiger partial charge in [-0.25, -0.2) is 4.79 Å². The number of urea groups is 1. The lowest BCUT2D eigenvalue weighted by Gasteiger charge is -2.22. The van der Waals surface area contributed by atoms with E-state index in [1.54, 1.807) is 4.90 Å². The Hall–Kier alpha value is -3.13. The first-order valence-electron chi connectivity index (χ1n) is 12.2. The second-order valence-corrected chi connectivity index (χ2v) is 11.1. The Kier molecular flexibility index (Phi) is 8.95. The fourth-order valence-corrected chi connectivity index (χ4v) is 4.70. The van der Waals surface area contributed by atoms with Crippen molar-refractivity contribution in [1.82, 2.24) is 0 Å². The highest BCUT2D eigenvalue weighted by atomic mass is 32.2. The molecule has 1 heterocycles. The number of hydrogen-bond donors (Lipinski definition) is 1. The smallest absolute Gasteiger partial charge is 0.347 e. The number of carbonyl (C=O) groups excluding carboxylic acids is 3. The lowest BCUT2D eigenvalue weighted by Crippen LogP contribution is -2.31. The zero-order valence-electron chi connectivity index (χ0n) is 21.9. The number of carbonyl (C=O) groups is 3. The van der Waals surface area contributed by atoms with Gasteiger partial charge in [0.15, 0.2) is 5.17 Å². The molecule has 1 N–H and O–H groups in total. The number of nitrogens with zero attached hydrogens (tertiary/aromatic N) is 2. The number of amides is 3. The molecule has 1 fully saturated rings. The minimum Gasteiger partial charge on any atom is -0.460 e. The van der Waals surface area contributed by atoms with E-state index in [2.05, 4.69) is 24.2 Å². The van der Waals surface area contributed by atoms with Crippen molar-refractivity contribution < 1.29 is 19.1 Å². The summed E-state index contributed by atoms with van der Waals surface area (Å²) in [7, 11) is 0. The summed E-state index contributed by atoms with van der Waals surface area (Å²) in [5.41, 5.74) is 4.05. The van der Waals surface area contributed by atoms with Gasteiger partial charge in [0.2, 0.25) is 5.91 Å². The van der Waals surface area contributed by atoms with Gasteiger partial charge in [-0.2, -0.15) is 4.99 Å². The number of benzene rings is 2. The number of hydrogen-bond acceptors (Lipinski definition) is 5. The predicted molar refractivity (Wildman–Crippen MR) is 147 cm³/mol. The van der Waals surface area contributed by atoms with Gasteiger partial charge in [-0.15, -0.1) is 0 Å². The van der Waals surface area contributed by atoms with Crippen LogP contribution in [-0.2, 0) is 20.7 Å². The normalized spacial score (nSPS) is 15.0. The van der Waals surface area contributed by atoms with Crippen LogP contribution in [0.3, 0.4) is 0 Å². The first-order chi connectivity index (χ1) is 16.9. The molecule has 1 saturated heterocycles. The van der Waals surface area contributed by atoms with Crippen molar-refractivity contribution in [2.24, 2.45) is 4.99 Å². The Morgan fingerprint density at radius 1 is 1.14 bits per heavy atom. The number of rotatable bonds is 7. The topological polar surface area (TPSA) is 88.1 Å². The molecule has 1 aliphatic rings. The average Bonchev–Trinajstić information content (AvgIpc) is 3.13. The van der Waals surface area contributed by atoms with E-state index in [4.69, 9.17) is 4.74 Å². The van der Waals surface area contributed by atoms with Crippen molar-refractivity contribution in [2.45, 2.75) is 72.3 Å². The van der Waals surface area contributed by atoms with Crippen LogP contribution in [0.5, 0.6) is 0 Å². The summed E-state index contributed by atoms with van der Waals surface area (Å²) in [6, 6.07) is 12.9. The maximum atomic E-state index is 12.7. The molecule has 0 spiro atoms. The molecule has 7 nitrogen and oxygen atoms in total. The van der Waals surface area contributed by atoms with Crippen molar-refractivity contribution in [2.75, 3.05) is 16.0 Å². The molecule has 0 atom stereocenters.